The van der Waals surface area contributed by atoms with Crippen molar-refractivity contribution in [3.8, 4) is 0 Å². The number of benzene rings is 1. The van der Waals surface area contributed by atoms with E-state index in [0.717, 1.165) is 6.54 Å². The minimum absolute atomic E-state index is 0.174. The van der Waals surface area contributed by atoms with Crippen LogP contribution in [0.1, 0.15) is 31.7 Å². The summed E-state index contributed by atoms with van der Waals surface area (Å²) >= 11 is 0. The van der Waals surface area contributed by atoms with E-state index in [1.54, 1.807) is 0 Å². The molecular formula is C16H25NO4. The van der Waals surface area contributed by atoms with Gasteiger partial charge >= 0.3 is 5.97 Å². The van der Waals surface area contributed by atoms with Crippen LogP contribution in [0.3, 0.4) is 0 Å². The number of hydrogen-bond acceptors (Lipinski definition) is 5. The molecule has 0 spiro atoms. The topological polar surface area (TPSA) is 56.8 Å². The molecule has 0 bridgehead atoms. The number of nitrogens with one attached hydrogen (secondary N) is 1. The van der Waals surface area contributed by atoms with Crippen LogP contribution in [-0.4, -0.2) is 38.9 Å². The van der Waals surface area contributed by atoms with Crippen molar-refractivity contribution in [1.29, 1.82) is 0 Å². The Morgan fingerprint density at radius 1 is 1.14 bits per heavy atom. The van der Waals surface area contributed by atoms with Crippen LogP contribution in [0.2, 0.25) is 0 Å². The van der Waals surface area contributed by atoms with Gasteiger partial charge in [0, 0.05) is 19.0 Å². The largest absolute Gasteiger partial charge is 0.466 e. The predicted octanol–water partition coefficient (Wildman–Crippen LogP) is 2.28. The Morgan fingerprint density at radius 2 is 1.90 bits per heavy atom. The normalized spacial score (nSPS) is 12.1. The summed E-state index contributed by atoms with van der Waals surface area (Å²) in [6.45, 7) is 6.43. The van der Waals surface area contributed by atoms with E-state index in [1.807, 2.05) is 32.0 Å². The Labute approximate surface area is 126 Å². The molecule has 0 aliphatic carbocycles. The summed E-state index contributed by atoms with van der Waals surface area (Å²) in [6, 6.07) is 10.1. The molecule has 1 atom stereocenters. The van der Waals surface area contributed by atoms with E-state index in [0.29, 0.717) is 32.8 Å². The van der Waals surface area contributed by atoms with Gasteiger partial charge < -0.3 is 10.1 Å². The van der Waals surface area contributed by atoms with Crippen LogP contribution in [-0.2, 0) is 19.3 Å². The van der Waals surface area contributed by atoms with Gasteiger partial charge in [-0.1, -0.05) is 30.3 Å². The fraction of sp³-hybridized carbons (Fsp3) is 0.562. The fourth-order valence-corrected chi connectivity index (χ4v) is 1.91. The molecule has 5 nitrogen and oxygen atoms in total. The molecule has 1 aromatic carbocycles. The maximum Gasteiger partial charge on any atom is 0.307 e. The van der Waals surface area contributed by atoms with Crippen molar-refractivity contribution in [1.82, 2.24) is 5.32 Å². The highest BCUT2D eigenvalue weighted by Gasteiger charge is 2.12. The van der Waals surface area contributed by atoms with Crippen molar-refractivity contribution >= 4 is 5.97 Å². The van der Waals surface area contributed by atoms with Gasteiger partial charge in [-0.05, 0) is 19.4 Å². The second-order valence-corrected chi connectivity index (χ2v) is 4.56. The van der Waals surface area contributed by atoms with E-state index in [2.05, 4.69) is 17.4 Å². The SMILES string of the molecule is CCOOCC(CNCCC(=O)OCC)c1ccccc1. The lowest BCUT2D eigenvalue weighted by Crippen LogP contribution is -2.27. The predicted molar refractivity (Wildman–Crippen MR) is 80.9 cm³/mol. The summed E-state index contributed by atoms with van der Waals surface area (Å²) in [6.07, 6.45) is 0.377. The molecule has 0 heterocycles. The Bertz CT molecular complexity index is 383. The zero-order chi connectivity index (χ0) is 15.3. The van der Waals surface area contributed by atoms with Gasteiger partial charge in [-0.2, -0.15) is 0 Å². The average Bonchev–Trinajstić information content (AvgIpc) is 2.51. The number of hydrogen-bond donors (Lipinski definition) is 1. The molecule has 0 amide bonds. The summed E-state index contributed by atoms with van der Waals surface area (Å²) in [7, 11) is 0. The van der Waals surface area contributed by atoms with Crippen LogP contribution >= 0.6 is 0 Å². The van der Waals surface area contributed by atoms with Gasteiger partial charge in [-0.15, -0.1) is 0 Å². The highest BCUT2D eigenvalue weighted by Crippen LogP contribution is 2.15. The summed E-state index contributed by atoms with van der Waals surface area (Å²) in [5, 5.41) is 3.26. The Balaban J connectivity index is 2.37. The second kappa shape index (κ2) is 11.3. The van der Waals surface area contributed by atoms with Crippen molar-refractivity contribution in [3.05, 3.63) is 35.9 Å². The third-order valence-corrected chi connectivity index (χ3v) is 2.94. The first-order valence-electron chi connectivity index (χ1n) is 7.43. The molecule has 0 aliphatic heterocycles. The van der Waals surface area contributed by atoms with Gasteiger partial charge in [0.05, 0.1) is 26.2 Å². The van der Waals surface area contributed by atoms with E-state index in [-0.39, 0.29) is 11.9 Å². The number of ether oxygens (including phenoxy) is 1. The smallest absolute Gasteiger partial charge is 0.307 e. The molecule has 21 heavy (non-hydrogen) atoms. The third kappa shape index (κ3) is 7.80. The monoisotopic (exact) mass is 295 g/mol. The van der Waals surface area contributed by atoms with Crippen molar-refractivity contribution in [2.45, 2.75) is 26.2 Å². The van der Waals surface area contributed by atoms with Crippen LogP contribution in [0, 0.1) is 0 Å². The summed E-state index contributed by atoms with van der Waals surface area (Å²) in [5.74, 6) is 0.00627. The molecule has 0 radical (unpaired) electrons. The van der Waals surface area contributed by atoms with Crippen molar-refractivity contribution in [2.24, 2.45) is 0 Å². The summed E-state index contributed by atoms with van der Waals surface area (Å²) < 4.78 is 4.89. The molecule has 0 saturated heterocycles. The highest BCUT2D eigenvalue weighted by molar-refractivity contribution is 5.69. The van der Waals surface area contributed by atoms with Gasteiger partial charge in [0.15, 0.2) is 0 Å². The van der Waals surface area contributed by atoms with Crippen LogP contribution in [0.15, 0.2) is 30.3 Å². The van der Waals surface area contributed by atoms with Crippen molar-refractivity contribution < 1.29 is 19.3 Å². The highest BCUT2D eigenvalue weighted by atomic mass is 17.2. The summed E-state index contributed by atoms with van der Waals surface area (Å²) in [4.78, 5) is 21.4. The summed E-state index contributed by atoms with van der Waals surface area (Å²) in [5.41, 5.74) is 1.18. The standard InChI is InChI=1S/C16H25NO4/c1-3-19-16(18)10-11-17-12-15(13-21-20-4-2)14-8-6-5-7-9-14/h5-9,15,17H,3-4,10-13H2,1-2H3. The molecule has 0 fully saturated rings. The number of carbonyl (C=O) groups excluding carboxylic acids is 1. The van der Waals surface area contributed by atoms with Gasteiger partial charge in [0.25, 0.3) is 0 Å². The van der Waals surface area contributed by atoms with E-state index in [1.165, 1.54) is 5.56 Å². The molecule has 1 unspecified atom stereocenters. The molecule has 1 N–H and O–H groups in total. The number of esters is 1. The molecule has 0 saturated carbocycles. The van der Waals surface area contributed by atoms with E-state index >= 15 is 0 Å². The van der Waals surface area contributed by atoms with E-state index in [4.69, 9.17) is 14.5 Å². The Morgan fingerprint density at radius 3 is 2.57 bits per heavy atom. The second-order valence-electron chi connectivity index (χ2n) is 4.56. The van der Waals surface area contributed by atoms with E-state index in [9.17, 15) is 4.79 Å². The van der Waals surface area contributed by atoms with Crippen LogP contribution in [0.5, 0.6) is 0 Å². The lowest BCUT2D eigenvalue weighted by atomic mass is 10.0. The Kier molecular flexibility index (Phi) is 9.44. The third-order valence-electron chi connectivity index (χ3n) is 2.94. The molecule has 0 aromatic heterocycles. The number of carbonyl (C=O) groups is 1. The van der Waals surface area contributed by atoms with Gasteiger partial charge in [0.2, 0.25) is 0 Å². The van der Waals surface area contributed by atoms with Crippen LogP contribution in [0.4, 0.5) is 0 Å². The first kappa shape index (κ1) is 17.6. The minimum Gasteiger partial charge on any atom is -0.466 e. The Hall–Kier alpha value is -1.43. The molecule has 1 rings (SSSR count). The van der Waals surface area contributed by atoms with E-state index < -0.39 is 0 Å². The zero-order valence-corrected chi connectivity index (χ0v) is 12.8. The maximum atomic E-state index is 11.3. The first-order chi connectivity index (χ1) is 10.3. The van der Waals surface area contributed by atoms with Gasteiger partial charge in [0.1, 0.15) is 0 Å². The lowest BCUT2D eigenvalue weighted by Gasteiger charge is -2.17. The number of rotatable bonds is 11. The molecule has 5 heteroatoms. The maximum absolute atomic E-state index is 11.3. The molecule has 0 aliphatic rings. The van der Waals surface area contributed by atoms with Crippen molar-refractivity contribution in [3.63, 3.8) is 0 Å². The quantitative estimate of drug-likeness (QED) is 0.294. The van der Waals surface area contributed by atoms with Gasteiger partial charge in [-0.25, -0.2) is 9.78 Å². The first-order valence-corrected chi connectivity index (χ1v) is 7.43. The lowest BCUT2D eigenvalue weighted by molar-refractivity contribution is -0.293. The van der Waals surface area contributed by atoms with Gasteiger partial charge in [-0.3, -0.25) is 4.79 Å². The molecule has 118 valence electrons. The van der Waals surface area contributed by atoms with Crippen LogP contribution < -0.4 is 5.32 Å². The molecule has 1 aromatic rings. The van der Waals surface area contributed by atoms with Crippen molar-refractivity contribution in [2.75, 3.05) is 32.9 Å². The minimum atomic E-state index is -0.174. The fourth-order valence-electron chi connectivity index (χ4n) is 1.91. The molecular weight excluding hydrogens is 270 g/mol. The van der Waals surface area contributed by atoms with Crippen LogP contribution in [0.25, 0.3) is 0 Å². The zero-order valence-electron chi connectivity index (χ0n) is 12.8. The average molecular weight is 295 g/mol.